The van der Waals surface area contributed by atoms with E-state index in [-0.39, 0.29) is 23.7 Å². The zero-order valence-electron chi connectivity index (χ0n) is 21.2. The number of aromatic hydroxyl groups is 3. The van der Waals surface area contributed by atoms with E-state index in [4.69, 9.17) is 9.78 Å². The summed E-state index contributed by atoms with van der Waals surface area (Å²) in [6.45, 7) is 3.06. The van der Waals surface area contributed by atoms with Gasteiger partial charge in [-0.1, -0.05) is 32.8 Å². The van der Waals surface area contributed by atoms with Gasteiger partial charge in [0.25, 0.3) is 0 Å². The van der Waals surface area contributed by atoms with Crippen LogP contribution in [0.5, 0.6) is 17.2 Å². The van der Waals surface area contributed by atoms with Gasteiger partial charge in [0.1, 0.15) is 23.1 Å². The number of carbonyl (C=O) groups excluding carboxylic acids is 1. The number of hydrogen-bond acceptors (Lipinski definition) is 8. The van der Waals surface area contributed by atoms with E-state index in [1.165, 1.54) is 6.07 Å². The fraction of sp³-hybridized carbons (Fsp3) is 0.107. The molecule has 0 aliphatic rings. The summed E-state index contributed by atoms with van der Waals surface area (Å²) >= 11 is 0. The minimum absolute atomic E-state index is 0.0314. The minimum atomic E-state index is 0.0314. The molecule has 2 heterocycles. The molecule has 0 bridgehead atoms. The largest absolute Gasteiger partial charge is 0.508 e. The zero-order valence-corrected chi connectivity index (χ0v) is 22.2. The second-order valence-corrected chi connectivity index (χ2v) is 9.48. The predicted molar refractivity (Wildman–Crippen MR) is 155 cm³/mol. The number of rotatable bonds is 8. The van der Waals surface area contributed by atoms with Crippen LogP contribution in [0.25, 0.3) is 16.9 Å². The molecule has 0 spiro atoms. The van der Waals surface area contributed by atoms with E-state index in [2.05, 4.69) is 28.1 Å². The number of hydrogen-bond donors (Lipinski definition) is 6. The molecule has 0 aliphatic carbocycles. The van der Waals surface area contributed by atoms with E-state index < -0.39 is 0 Å². The van der Waals surface area contributed by atoms with Gasteiger partial charge in [0, 0.05) is 47.3 Å². The van der Waals surface area contributed by atoms with Crippen molar-refractivity contribution in [2.24, 2.45) is 5.73 Å². The quantitative estimate of drug-likeness (QED) is 0.127. The fourth-order valence-electron chi connectivity index (χ4n) is 3.98. The van der Waals surface area contributed by atoms with E-state index in [1.807, 2.05) is 48.7 Å². The Labute approximate surface area is 226 Å². The molecule has 0 saturated carbocycles. The van der Waals surface area contributed by atoms with Crippen LogP contribution in [-0.2, 0) is 17.9 Å². The van der Waals surface area contributed by atoms with E-state index in [9.17, 15) is 15.3 Å². The summed E-state index contributed by atoms with van der Waals surface area (Å²) in [7, 11) is 0.539. The van der Waals surface area contributed by atoms with Crippen LogP contribution in [0.2, 0.25) is 0 Å². The second-order valence-electron chi connectivity index (χ2n) is 8.44. The molecular weight excluding hydrogens is 515 g/mol. The van der Waals surface area contributed by atoms with Crippen LogP contribution in [0, 0.1) is 0 Å². The zero-order chi connectivity index (χ0) is 27.8. The molecule has 1 unspecified atom stereocenters. The highest BCUT2D eigenvalue weighted by atomic mass is 31.1. The number of anilines is 2. The summed E-state index contributed by atoms with van der Waals surface area (Å²) in [5.41, 5.74) is 8.92. The Kier molecular flexibility index (Phi) is 8.81. The number of primary amides is 1. The van der Waals surface area contributed by atoms with Crippen molar-refractivity contribution in [2.45, 2.75) is 13.1 Å². The van der Waals surface area contributed by atoms with Gasteiger partial charge in [-0.2, -0.15) is 9.61 Å². The number of para-hydroxylation sites is 1. The minimum Gasteiger partial charge on any atom is -0.508 e. The summed E-state index contributed by atoms with van der Waals surface area (Å²) in [6, 6.07) is 21.6. The van der Waals surface area contributed by atoms with Gasteiger partial charge in [-0.05, 0) is 48.6 Å². The second kappa shape index (κ2) is 12.6. The number of phenolic OH excluding ortho intramolecular Hbond substituents is 3. The van der Waals surface area contributed by atoms with Crippen molar-refractivity contribution in [3.8, 4) is 28.5 Å². The number of phenols is 3. The van der Waals surface area contributed by atoms with Crippen molar-refractivity contribution < 1.29 is 20.1 Å². The highest BCUT2D eigenvalue weighted by Crippen LogP contribution is 2.30. The maximum Gasteiger partial charge on any atom is 0.204 e. The number of carbonyl (C=O) groups is 1. The van der Waals surface area contributed by atoms with Gasteiger partial charge < -0.3 is 31.7 Å². The summed E-state index contributed by atoms with van der Waals surface area (Å²) in [6.07, 6.45) is 2.09. The molecule has 3 aromatic carbocycles. The molecule has 1 amide bonds. The Morgan fingerprint density at radius 1 is 0.949 bits per heavy atom. The number of amides is 1. The van der Waals surface area contributed by atoms with Crippen molar-refractivity contribution in [1.82, 2.24) is 14.6 Å². The van der Waals surface area contributed by atoms with Crippen molar-refractivity contribution in [1.29, 1.82) is 0 Å². The van der Waals surface area contributed by atoms with Crippen LogP contribution in [0.4, 0.5) is 11.5 Å². The van der Waals surface area contributed by atoms with Crippen LogP contribution < -0.4 is 21.7 Å². The summed E-state index contributed by atoms with van der Waals surface area (Å²) in [4.78, 5) is 13.4. The molecule has 7 N–H and O–H groups in total. The Hall–Kier alpha value is -4.82. The summed E-state index contributed by atoms with van der Waals surface area (Å²) < 4.78 is 1.80. The lowest BCUT2D eigenvalue weighted by Crippen LogP contribution is -2.08. The summed E-state index contributed by atoms with van der Waals surface area (Å²) in [5, 5.41) is 42.3. The third-order valence-electron chi connectivity index (χ3n) is 5.87. The Morgan fingerprint density at radius 3 is 2.49 bits per heavy atom. The molecule has 1 atom stereocenters. The van der Waals surface area contributed by atoms with Crippen LogP contribution in [-0.4, -0.2) is 43.0 Å². The molecule has 5 aromatic rings. The molecule has 0 saturated heterocycles. The van der Waals surface area contributed by atoms with Gasteiger partial charge >= 0.3 is 0 Å². The third-order valence-corrected chi connectivity index (χ3v) is 6.76. The first-order valence-electron chi connectivity index (χ1n) is 12.0. The lowest BCUT2D eigenvalue weighted by Gasteiger charge is -2.13. The number of benzene rings is 3. The van der Waals surface area contributed by atoms with E-state index in [0.717, 1.165) is 28.0 Å². The Morgan fingerprint density at radius 2 is 1.74 bits per heavy atom. The van der Waals surface area contributed by atoms with Crippen LogP contribution in [0.3, 0.4) is 0 Å². The van der Waals surface area contributed by atoms with Gasteiger partial charge in [0.05, 0.1) is 11.9 Å². The molecule has 5 rings (SSSR count). The molecule has 0 fully saturated rings. The number of aromatic nitrogens is 3. The molecular formula is C28H29N6O4P. The van der Waals surface area contributed by atoms with E-state index in [1.54, 1.807) is 28.8 Å². The number of nitrogens with zero attached hydrogens (tertiary/aromatic N) is 3. The van der Waals surface area contributed by atoms with Crippen LogP contribution >= 0.6 is 8.58 Å². The van der Waals surface area contributed by atoms with Crippen LogP contribution in [0.15, 0.2) is 79.0 Å². The molecule has 10 nitrogen and oxygen atoms in total. The molecule has 0 radical (unpaired) electrons. The van der Waals surface area contributed by atoms with Gasteiger partial charge in [-0.3, -0.25) is 4.79 Å². The predicted octanol–water partition coefficient (Wildman–Crippen LogP) is 3.77. The maximum atomic E-state index is 10.4. The van der Waals surface area contributed by atoms with Crippen molar-refractivity contribution in [3.63, 3.8) is 0 Å². The fourth-order valence-corrected chi connectivity index (χ4v) is 4.55. The molecule has 11 heteroatoms. The van der Waals surface area contributed by atoms with Crippen molar-refractivity contribution >= 4 is 37.4 Å². The number of nitrogens with two attached hydrogens (primary N) is 1. The van der Waals surface area contributed by atoms with Gasteiger partial charge in [0.15, 0.2) is 5.65 Å². The van der Waals surface area contributed by atoms with Gasteiger partial charge in [0.2, 0.25) is 6.41 Å². The van der Waals surface area contributed by atoms with Gasteiger partial charge in [-0.15, -0.1) is 0 Å². The maximum absolute atomic E-state index is 10.4. The van der Waals surface area contributed by atoms with Crippen molar-refractivity contribution in [2.75, 3.05) is 17.3 Å². The first-order chi connectivity index (χ1) is 18.9. The molecule has 39 heavy (non-hydrogen) atoms. The molecule has 2 aromatic heterocycles. The highest BCUT2D eigenvalue weighted by Gasteiger charge is 2.14. The molecule has 200 valence electrons. The molecule has 0 aliphatic heterocycles. The highest BCUT2D eigenvalue weighted by molar-refractivity contribution is 7.46. The Bertz CT molecular complexity index is 1590. The smallest absolute Gasteiger partial charge is 0.204 e. The van der Waals surface area contributed by atoms with Gasteiger partial charge in [-0.25, -0.2) is 4.98 Å². The summed E-state index contributed by atoms with van der Waals surface area (Å²) in [5.74, 6) is 1.03. The average molecular weight is 545 g/mol. The normalized spacial score (nSPS) is 10.8. The monoisotopic (exact) mass is 544 g/mol. The lowest BCUT2D eigenvalue weighted by molar-refractivity contribution is -0.106. The standard InChI is InChI=1S/C27H26N5O3P.CH3NO/c1-36-25-16-30-32-26(13-22(31-27(25)32)21-7-2-3-8-23(21)34)29-14-17-5-4-6-19(11-17)28-15-18-9-10-20(33)12-24(18)35;2-1-3/h2-13,16,28-29,33-36H,14-15H2,1H3;1H,(H2,2,3). The van der Waals surface area contributed by atoms with E-state index >= 15 is 0 Å². The third kappa shape index (κ3) is 6.55. The Balaban J connectivity index is 0.00000112. The SMILES string of the molecule is CPc1cnn2c(NCc3cccc(NCc4ccc(O)cc4O)c3)cc(-c3ccccc3O)nc12.NC=O. The van der Waals surface area contributed by atoms with E-state index in [0.29, 0.717) is 38.5 Å². The number of nitrogens with one attached hydrogen (secondary N) is 2. The van der Waals surface area contributed by atoms with Crippen LogP contribution in [0.1, 0.15) is 11.1 Å². The first-order valence-corrected chi connectivity index (χ1v) is 13.5. The van der Waals surface area contributed by atoms with Crippen molar-refractivity contribution in [3.05, 3.63) is 90.1 Å². The first kappa shape index (κ1) is 27.2. The average Bonchev–Trinajstić information content (AvgIpc) is 3.35. The topological polar surface area (TPSA) is 158 Å². The number of fused-ring (bicyclic) bond motifs is 1. The lowest BCUT2D eigenvalue weighted by atomic mass is 10.1.